The lowest BCUT2D eigenvalue weighted by Gasteiger charge is -2.14. The first-order valence-corrected chi connectivity index (χ1v) is 11.1. The quantitative estimate of drug-likeness (QED) is 0.303. The van der Waals surface area contributed by atoms with E-state index in [1.807, 2.05) is 43.3 Å². The average molecular weight is 476 g/mol. The molecule has 1 aromatic heterocycles. The number of aromatic nitrogens is 1. The van der Waals surface area contributed by atoms with Crippen molar-refractivity contribution < 1.29 is 18.0 Å². The summed E-state index contributed by atoms with van der Waals surface area (Å²) in [6.07, 6.45) is -1.85. The molecule has 2 N–H and O–H groups in total. The number of alkyl halides is 3. The van der Waals surface area contributed by atoms with Crippen LogP contribution in [0.5, 0.6) is 0 Å². The van der Waals surface area contributed by atoms with E-state index in [-0.39, 0.29) is 5.91 Å². The number of carbonyl (C=O) groups is 1. The van der Waals surface area contributed by atoms with Crippen molar-refractivity contribution in [2.24, 2.45) is 0 Å². The monoisotopic (exact) mass is 475 g/mol. The molecule has 4 rings (SSSR count). The number of carbonyl (C=O) groups excluding carboxylic acids is 1. The minimum atomic E-state index is -4.41. The Kier molecular flexibility index (Phi) is 7.15. The number of amides is 1. The van der Waals surface area contributed by atoms with Gasteiger partial charge in [-0.1, -0.05) is 36.4 Å². The topological polar surface area (TPSA) is 54.0 Å². The van der Waals surface area contributed by atoms with Crippen LogP contribution in [0.1, 0.15) is 27.2 Å². The van der Waals surface area contributed by atoms with Gasteiger partial charge in [-0.15, -0.1) is 0 Å². The maximum Gasteiger partial charge on any atom is 0.416 e. The first-order chi connectivity index (χ1) is 16.8. The van der Waals surface area contributed by atoms with Gasteiger partial charge >= 0.3 is 6.18 Å². The molecule has 0 radical (unpaired) electrons. The molecule has 0 saturated heterocycles. The number of aryl methyl sites for hydroxylation is 1. The van der Waals surface area contributed by atoms with Crippen molar-refractivity contribution >= 4 is 17.3 Å². The molecule has 0 unspecified atom stereocenters. The third kappa shape index (κ3) is 6.06. The molecule has 7 heteroatoms. The van der Waals surface area contributed by atoms with E-state index in [4.69, 9.17) is 0 Å². The Hall–Kier alpha value is -4.13. The summed E-state index contributed by atoms with van der Waals surface area (Å²) < 4.78 is 38.7. The molecule has 0 atom stereocenters. The molecule has 4 aromatic rings. The van der Waals surface area contributed by atoms with Gasteiger partial charge < -0.3 is 10.6 Å². The Morgan fingerprint density at radius 3 is 2.34 bits per heavy atom. The van der Waals surface area contributed by atoms with Crippen molar-refractivity contribution in [1.29, 1.82) is 0 Å². The van der Waals surface area contributed by atoms with Crippen molar-refractivity contribution in [3.63, 3.8) is 0 Å². The van der Waals surface area contributed by atoms with Gasteiger partial charge in [0.05, 0.1) is 5.56 Å². The Balaban J connectivity index is 1.45. The van der Waals surface area contributed by atoms with Crippen LogP contribution in [0.3, 0.4) is 0 Å². The maximum atomic E-state index is 13.0. The first-order valence-electron chi connectivity index (χ1n) is 11.1. The molecular weight excluding hydrogens is 451 g/mol. The molecule has 4 nitrogen and oxygen atoms in total. The van der Waals surface area contributed by atoms with E-state index in [1.54, 1.807) is 30.5 Å². The van der Waals surface area contributed by atoms with Gasteiger partial charge in [-0.05, 0) is 72.1 Å². The fourth-order valence-corrected chi connectivity index (χ4v) is 3.78. The fraction of sp³-hybridized carbons (Fsp3) is 0.143. The summed E-state index contributed by atoms with van der Waals surface area (Å²) >= 11 is 0. The lowest BCUT2D eigenvalue weighted by atomic mass is 9.98. The standard InChI is InChI=1S/C28H24F3N3O/c1-19-18-23(13-14-26(19)33-17-15-22-6-4-5-16-32-22)34-27(35)25-8-3-2-7-24(25)20-9-11-21(12-10-20)28(29,30)31/h2-14,16,18,33H,15,17H2,1H3,(H,34,35). The molecule has 0 aliphatic heterocycles. The highest BCUT2D eigenvalue weighted by atomic mass is 19.4. The van der Waals surface area contributed by atoms with E-state index in [2.05, 4.69) is 15.6 Å². The predicted octanol–water partition coefficient (Wildman–Crippen LogP) is 6.98. The molecular formula is C28H24F3N3O. The van der Waals surface area contributed by atoms with Crippen molar-refractivity contribution in [2.75, 3.05) is 17.2 Å². The van der Waals surface area contributed by atoms with E-state index in [0.717, 1.165) is 42.0 Å². The molecule has 0 spiro atoms. The number of nitrogens with one attached hydrogen (secondary N) is 2. The Labute approximate surface area is 201 Å². The summed E-state index contributed by atoms with van der Waals surface area (Å²) in [5, 5.41) is 6.28. The number of rotatable bonds is 7. The van der Waals surface area contributed by atoms with Crippen LogP contribution in [0.25, 0.3) is 11.1 Å². The number of benzene rings is 3. The number of hydrogen-bond donors (Lipinski definition) is 2. The largest absolute Gasteiger partial charge is 0.416 e. The summed E-state index contributed by atoms with van der Waals surface area (Å²) in [7, 11) is 0. The van der Waals surface area contributed by atoms with Crippen LogP contribution in [0, 0.1) is 6.92 Å². The Bertz CT molecular complexity index is 1300. The van der Waals surface area contributed by atoms with E-state index in [1.165, 1.54) is 12.1 Å². The minimum Gasteiger partial charge on any atom is -0.384 e. The Morgan fingerprint density at radius 1 is 0.914 bits per heavy atom. The highest BCUT2D eigenvalue weighted by molar-refractivity contribution is 6.08. The van der Waals surface area contributed by atoms with E-state index in [9.17, 15) is 18.0 Å². The summed E-state index contributed by atoms with van der Waals surface area (Å²) in [6.45, 7) is 2.68. The molecule has 0 fully saturated rings. The van der Waals surface area contributed by atoms with Gasteiger partial charge in [0.2, 0.25) is 0 Å². The van der Waals surface area contributed by atoms with Crippen molar-refractivity contribution in [1.82, 2.24) is 4.98 Å². The zero-order valence-electron chi connectivity index (χ0n) is 19.1. The molecule has 178 valence electrons. The third-order valence-corrected chi connectivity index (χ3v) is 5.60. The zero-order chi connectivity index (χ0) is 24.8. The second kappa shape index (κ2) is 10.4. The van der Waals surface area contributed by atoms with Crippen LogP contribution < -0.4 is 10.6 Å². The van der Waals surface area contributed by atoms with Gasteiger partial charge in [0.25, 0.3) is 5.91 Å². The molecule has 0 saturated carbocycles. The van der Waals surface area contributed by atoms with Crippen molar-refractivity contribution in [2.45, 2.75) is 19.5 Å². The predicted molar refractivity (Wildman–Crippen MR) is 132 cm³/mol. The van der Waals surface area contributed by atoms with Crippen LogP contribution in [-0.2, 0) is 12.6 Å². The number of nitrogens with zero attached hydrogens (tertiary/aromatic N) is 1. The normalized spacial score (nSPS) is 11.2. The molecule has 0 aliphatic carbocycles. The second-order valence-electron chi connectivity index (χ2n) is 8.10. The smallest absolute Gasteiger partial charge is 0.384 e. The van der Waals surface area contributed by atoms with Gasteiger partial charge in [-0.25, -0.2) is 0 Å². The third-order valence-electron chi connectivity index (χ3n) is 5.60. The van der Waals surface area contributed by atoms with Gasteiger partial charge in [0.15, 0.2) is 0 Å². The number of halogens is 3. The Morgan fingerprint density at radius 2 is 1.66 bits per heavy atom. The highest BCUT2D eigenvalue weighted by Crippen LogP contribution is 2.32. The molecule has 1 heterocycles. The van der Waals surface area contributed by atoms with Gasteiger partial charge in [0, 0.05) is 41.8 Å². The first kappa shape index (κ1) is 24.0. The average Bonchev–Trinajstić information content (AvgIpc) is 2.85. The van der Waals surface area contributed by atoms with Crippen LogP contribution in [0.15, 0.2) is 91.1 Å². The molecule has 0 aliphatic rings. The SMILES string of the molecule is Cc1cc(NC(=O)c2ccccc2-c2ccc(C(F)(F)F)cc2)ccc1NCCc1ccccn1. The minimum absolute atomic E-state index is 0.337. The van der Waals surface area contributed by atoms with Crippen molar-refractivity contribution in [3.8, 4) is 11.1 Å². The molecule has 0 bridgehead atoms. The van der Waals surface area contributed by atoms with Crippen molar-refractivity contribution in [3.05, 3.63) is 114 Å². The van der Waals surface area contributed by atoms with E-state index in [0.29, 0.717) is 22.4 Å². The van der Waals surface area contributed by atoms with Crippen LogP contribution >= 0.6 is 0 Å². The van der Waals surface area contributed by atoms with E-state index < -0.39 is 11.7 Å². The number of pyridine rings is 1. The summed E-state index contributed by atoms with van der Waals surface area (Å²) in [5.41, 5.74) is 4.31. The maximum absolute atomic E-state index is 13.0. The fourth-order valence-electron chi connectivity index (χ4n) is 3.78. The van der Waals surface area contributed by atoms with Crippen LogP contribution in [-0.4, -0.2) is 17.4 Å². The van der Waals surface area contributed by atoms with Gasteiger partial charge in [0.1, 0.15) is 0 Å². The highest BCUT2D eigenvalue weighted by Gasteiger charge is 2.30. The summed E-state index contributed by atoms with van der Waals surface area (Å²) in [5.74, 6) is -0.337. The lowest BCUT2D eigenvalue weighted by Crippen LogP contribution is -2.14. The molecule has 1 amide bonds. The molecule has 3 aromatic carbocycles. The zero-order valence-corrected chi connectivity index (χ0v) is 19.1. The molecule has 35 heavy (non-hydrogen) atoms. The van der Waals surface area contributed by atoms with Crippen LogP contribution in [0.2, 0.25) is 0 Å². The van der Waals surface area contributed by atoms with E-state index >= 15 is 0 Å². The van der Waals surface area contributed by atoms with Gasteiger partial charge in [-0.2, -0.15) is 13.2 Å². The van der Waals surface area contributed by atoms with Crippen LogP contribution in [0.4, 0.5) is 24.5 Å². The second-order valence-corrected chi connectivity index (χ2v) is 8.10. The van der Waals surface area contributed by atoms with Gasteiger partial charge in [-0.3, -0.25) is 9.78 Å². The summed E-state index contributed by atoms with van der Waals surface area (Å²) in [6, 6.07) is 23.1. The number of anilines is 2. The number of hydrogen-bond acceptors (Lipinski definition) is 3. The lowest BCUT2D eigenvalue weighted by molar-refractivity contribution is -0.137. The summed E-state index contributed by atoms with van der Waals surface area (Å²) in [4.78, 5) is 17.4.